The van der Waals surface area contributed by atoms with Crippen LogP contribution in [0, 0.1) is 0 Å². The van der Waals surface area contributed by atoms with E-state index in [1.165, 1.54) is 6.92 Å². The van der Waals surface area contributed by atoms with Crippen molar-refractivity contribution in [3.63, 3.8) is 0 Å². The average molecular weight is 492 g/mol. The Morgan fingerprint density at radius 1 is 0.838 bits per heavy atom. The Morgan fingerprint density at radius 3 is 2.24 bits per heavy atom. The van der Waals surface area contributed by atoms with Crippen molar-refractivity contribution in [1.82, 2.24) is 28.2 Å². The molecule has 0 saturated heterocycles. The second-order valence-corrected chi connectivity index (χ2v) is 9.20. The van der Waals surface area contributed by atoms with Crippen LogP contribution in [0.2, 0.25) is 0 Å². The smallest absolute Gasteiger partial charge is 0.328 e. The first-order valence-electron chi connectivity index (χ1n) is 11.8. The van der Waals surface area contributed by atoms with Gasteiger partial charge in [0.25, 0.3) is 0 Å². The van der Waals surface area contributed by atoms with Crippen LogP contribution in [0.15, 0.2) is 78.0 Å². The highest BCUT2D eigenvalue weighted by atomic mass is 16.2. The summed E-state index contributed by atoms with van der Waals surface area (Å²) in [5, 5.41) is 2.80. The molecule has 0 saturated carbocycles. The first-order valence-corrected chi connectivity index (χ1v) is 11.8. The molecule has 1 amide bonds. The monoisotopic (exact) mass is 491 g/mol. The number of carbonyl (C=O) groups excluding carboxylic acids is 1. The highest BCUT2D eigenvalue weighted by Gasteiger charge is 2.19. The summed E-state index contributed by atoms with van der Waals surface area (Å²) in [5.41, 5.74) is 7.99. The van der Waals surface area contributed by atoms with Crippen molar-refractivity contribution in [3.05, 3.63) is 83.7 Å². The molecule has 3 heterocycles. The van der Waals surface area contributed by atoms with Crippen molar-refractivity contribution in [2.75, 3.05) is 5.32 Å². The van der Waals surface area contributed by atoms with Gasteiger partial charge in [-0.3, -0.25) is 18.5 Å². The van der Waals surface area contributed by atoms with Gasteiger partial charge >= 0.3 is 5.69 Å². The molecule has 0 aliphatic rings. The summed E-state index contributed by atoms with van der Waals surface area (Å²) in [6, 6.07) is 19.9. The molecule has 37 heavy (non-hydrogen) atoms. The Bertz CT molecular complexity index is 1880. The normalized spacial score (nSPS) is 11.5. The standard InChI is InChI=1S/C28H25N7O2/c1-17(36)30-20-8-5-18(6-9-20)19-7-11-23-22(13-19)31-27(26-15-29-16-32(26)2)35(23)21-10-12-24-25(14-21)34(4)28(37)33(24)3/h5-16H,1-4H3,(H,30,36). The van der Waals surface area contributed by atoms with Crippen LogP contribution in [0.25, 0.3) is 50.4 Å². The van der Waals surface area contributed by atoms with E-state index in [0.717, 1.165) is 56.1 Å². The minimum Gasteiger partial charge on any atom is -0.331 e. The minimum absolute atomic E-state index is 0.0661. The summed E-state index contributed by atoms with van der Waals surface area (Å²) in [6.45, 7) is 1.49. The Balaban J connectivity index is 1.54. The summed E-state index contributed by atoms with van der Waals surface area (Å²) in [6.07, 6.45) is 3.56. The molecule has 0 bridgehead atoms. The first-order chi connectivity index (χ1) is 17.8. The van der Waals surface area contributed by atoms with Crippen LogP contribution in [0.1, 0.15) is 6.92 Å². The first kappa shape index (κ1) is 22.5. The van der Waals surface area contributed by atoms with E-state index in [2.05, 4.69) is 33.1 Å². The molecule has 1 N–H and O–H groups in total. The Morgan fingerprint density at radius 2 is 1.54 bits per heavy atom. The van der Waals surface area contributed by atoms with Crippen LogP contribution >= 0.6 is 0 Å². The molecule has 0 aliphatic heterocycles. The Hall–Kier alpha value is -4.92. The molecule has 6 rings (SSSR count). The fourth-order valence-electron chi connectivity index (χ4n) is 4.85. The lowest BCUT2D eigenvalue weighted by Crippen LogP contribution is -2.19. The van der Waals surface area contributed by atoms with Gasteiger partial charge in [-0.15, -0.1) is 0 Å². The van der Waals surface area contributed by atoms with Crippen LogP contribution in [0.3, 0.4) is 0 Å². The third kappa shape index (κ3) is 3.63. The van der Waals surface area contributed by atoms with Gasteiger partial charge in [0, 0.05) is 39.4 Å². The molecular formula is C28H25N7O2. The quantitative estimate of drug-likeness (QED) is 0.399. The highest BCUT2D eigenvalue weighted by Crippen LogP contribution is 2.32. The van der Waals surface area contributed by atoms with Gasteiger partial charge in [-0.05, 0) is 53.6 Å². The molecule has 0 atom stereocenters. The number of amides is 1. The number of fused-ring (bicyclic) bond motifs is 2. The highest BCUT2D eigenvalue weighted by molar-refractivity contribution is 5.90. The number of nitrogens with one attached hydrogen (secondary N) is 1. The zero-order valence-electron chi connectivity index (χ0n) is 20.9. The molecule has 0 aliphatic carbocycles. The fraction of sp³-hybridized carbons (Fsp3) is 0.143. The fourth-order valence-corrected chi connectivity index (χ4v) is 4.85. The number of aromatic nitrogens is 6. The Kier molecular flexibility index (Phi) is 5.08. The maximum atomic E-state index is 12.5. The summed E-state index contributed by atoms with van der Waals surface area (Å²) in [5.74, 6) is 0.657. The van der Waals surface area contributed by atoms with Crippen LogP contribution in [-0.2, 0) is 25.9 Å². The molecule has 3 aromatic carbocycles. The number of hydrogen-bond acceptors (Lipinski definition) is 4. The lowest BCUT2D eigenvalue weighted by molar-refractivity contribution is -0.114. The number of hydrogen-bond donors (Lipinski definition) is 1. The van der Waals surface area contributed by atoms with Gasteiger partial charge in [-0.1, -0.05) is 18.2 Å². The number of anilines is 1. The maximum Gasteiger partial charge on any atom is 0.328 e. The van der Waals surface area contributed by atoms with Gasteiger partial charge in [0.1, 0.15) is 5.69 Å². The number of carbonyl (C=O) groups is 1. The topological polar surface area (TPSA) is 91.7 Å². The van der Waals surface area contributed by atoms with Gasteiger partial charge in [0.2, 0.25) is 5.91 Å². The van der Waals surface area contributed by atoms with E-state index in [1.807, 2.05) is 54.1 Å². The molecule has 9 nitrogen and oxygen atoms in total. The van der Waals surface area contributed by atoms with E-state index in [-0.39, 0.29) is 11.6 Å². The number of rotatable bonds is 4. The molecule has 6 aromatic rings. The zero-order valence-corrected chi connectivity index (χ0v) is 20.9. The van der Waals surface area contributed by atoms with Crippen molar-refractivity contribution in [1.29, 1.82) is 0 Å². The predicted molar refractivity (Wildman–Crippen MR) is 145 cm³/mol. The van der Waals surface area contributed by atoms with Gasteiger partial charge < -0.3 is 9.88 Å². The molecular weight excluding hydrogens is 466 g/mol. The second-order valence-electron chi connectivity index (χ2n) is 9.20. The van der Waals surface area contributed by atoms with E-state index >= 15 is 0 Å². The SMILES string of the molecule is CC(=O)Nc1ccc(-c2ccc3c(c2)nc(-c2cncn2C)n3-c2ccc3c(c2)n(C)c(=O)n3C)cc1. The number of benzene rings is 3. The molecule has 0 radical (unpaired) electrons. The molecule has 184 valence electrons. The molecule has 0 unspecified atom stereocenters. The minimum atomic E-state index is -0.101. The average Bonchev–Trinajstić information content (AvgIpc) is 3.54. The maximum absolute atomic E-state index is 12.5. The van der Waals surface area contributed by atoms with Crippen LogP contribution in [0.5, 0.6) is 0 Å². The summed E-state index contributed by atoms with van der Waals surface area (Å²) >= 11 is 0. The molecule has 3 aromatic heterocycles. The second kappa shape index (κ2) is 8.34. The van der Waals surface area contributed by atoms with Crippen LogP contribution < -0.4 is 11.0 Å². The van der Waals surface area contributed by atoms with E-state index in [4.69, 9.17) is 4.98 Å². The Labute approximate surface area is 212 Å². The summed E-state index contributed by atoms with van der Waals surface area (Å²) in [4.78, 5) is 33.2. The number of imidazole rings is 3. The van der Waals surface area contributed by atoms with Gasteiger partial charge in [0.05, 0.1) is 34.6 Å². The van der Waals surface area contributed by atoms with Crippen molar-refractivity contribution < 1.29 is 4.79 Å². The van der Waals surface area contributed by atoms with E-state index in [9.17, 15) is 9.59 Å². The van der Waals surface area contributed by atoms with E-state index < -0.39 is 0 Å². The van der Waals surface area contributed by atoms with Crippen molar-refractivity contribution in [2.24, 2.45) is 21.1 Å². The number of nitrogens with zero attached hydrogens (tertiary/aromatic N) is 6. The van der Waals surface area contributed by atoms with Crippen LogP contribution in [0.4, 0.5) is 5.69 Å². The lowest BCUT2D eigenvalue weighted by Gasteiger charge is -2.11. The van der Waals surface area contributed by atoms with Gasteiger partial charge in [0.15, 0.2) is 5.82 Å². The van der Waals surface area contributed by atoms with Gasteiger partial charge in [-0.25, -0.2) is 14.8 Å². The van der Waals surface area contributed by atoms with Gasteiger partial charge in [-0.2, -0.15) is 0 Å². The largest absolute Gasteiger partial charge is 0.331 e. The third-order valence-corrected chi connectivity index (χ3v) is 6.75. The molecule has 9 heteroatoms. The van der Waals surface area contributed by atoms with Crippen LogP contribution in [-0.4, -0.2) is 34.1 Å². The zero-order chi connectivity index (χ0) is 25.8. The summed E-state index contributed by atoms with van der Waals surface area (Å²) in [7, 11) is 5.51. The van der Waals surface area contributed by atoms with Crippen molar-refractivity contribution in [2.45, 2.75) is 6.92 Å². The van der Waals surface area contributed by atoms with Crippen molar-refractivity contribution in [3.8, 4) is 28.3 Å². The lowest BCUT2D eigenvalue weighted by atomic mass is 10.0. The number of aryl methyl sites for hydroxylation is 3. The van der Waals surface area contributed by atoms with E-state index in [0.29, 0.717) is 0 Å². The molecule has 0 fully saturated rings. The van der Waals surface area contributed by atoms with E-state index in [1.54, 1.807) is 35.8 Å². The third-order valence-electron chi connectivity index (χ3n) is 6.75. The molecule has 0 spiro atoms. The predicted octanol–water partition coefficient (Wildman–Crippen LogP) is 4.24. The summed E-state index contributed by atoms with van der Waals surface area (Å²) < 4.78 is 7.35. The van der Waals surface area contributed by atoms with Crippen molar-refractivity contribution >= 4 is 33.7 Å².